The summed E-state index contributed by atoms with van der Waals surface area (Å²) < 4.78 is 42.2. The zero-order valence-electron chi connectivity index (χ0n) is 18.4. The lowest BCUT2D eigenvalue weighted by Crippen LogP contribution is -2.48. The Morgan fingerprint density at radius 2 is 1.77 bits per heavy atom. The van der Waals surface area contributed by atoms with E-state index in [0.29, 0.717) is 41.3 Å². The van der Waals surface area contributed by atoms with Gasteiger partial charge in [0.2, 0.25) is 0 Å². The highest BCUT2D eigenvalue weighted by Crippen LogP contribution is 2.32. The van der Waals surface area contributed by atoms with Crippen LogP contribution in [-0.2, 0) is 12.7 Å². The molecule has 1 aliphatic rings. The van der Waals surface area contributed by atoms with Gasteiger partial charge in [-0.3, -0.25) is 14.7 Å². The minimum Gasteiger partial charge on any atom is -0.335 e. The summed E-state index contributed by atoms with van der Waals surface area (Å²) in [6.45, 7) is 2.89. The monoisotopic (exact) mass is 500 g/mol. The summed E-state index contributed by atoms with van der Waals surface area (Å²) in [6.07, 6.45) is -1.17. The van der Waals surface area contributed by atoms with Crippen molar-refractivity contribution in [2.24, 2.45) is 0 Å². The van der Waals surface area contributed by atoms with Crippen molar-refractivity contribution in [3.05, 3.63) is 82.9 Å². The van der Waals surface area contributed by atoms with Crippen molar-refractivity contribution in [3.8, 4) is 11.3 Å². The van der Waals surface area contributed by atoms with Gasteiger partial charge in [-0.15, -0.1) is 0 Å². The van der Waals surface area contributed by atoms with Crippen LogP contribution in [0.1, 0.15) is 21.7 Å². The summed E-state index contributed by atoms with van der Waals surface area (Å²) in [6, 6.07) is 12.4. The second-order valence-corrected chi connectivity index (χ2v) is 8.70. The molecule has 180 valence electrons. The first kappa shape index (κ1) is 23.3. The van der Waals surface area contributed by atoms with E-state index in [2.05, 4.69) is 20.0 Å². The van der Waals surface area contributed by atoms with Crippen LogP contribution in [0.15, 0.2) is 60.9 Å². The Labute approximate surface area is 203 Å². The maximum atomic E-state index is 13.8. The Kier molecular flexibility index (Phi) is 6.16. The second-order valence-electron chi connectivity index (χ2n) is 8.26. The smallest absolute Gasteiger partial charge is 0.335 e. The number of carbonyl (C=O) groups excluding carboxylic acids is 1. The summed E-state index contributed by atoms with van der Waals surface area (Å²) in [5.74, 6) is -0.419. The molecular weight excluding hydrogens is 481 g/mol. The van der Waals surface area contributed by atoms with E-state index >= 15 is 0 Å². The first-order valence-electron chi connectivity index (χ1n) is 10.9. The highest BCUT2D eigenvalue weighted by Gasteiger charge is 2.36. The molecule has 1 aliphatic heterocycles. The van der Waals surface area contributed by atoms with Gasteiger partial charge < -0.3 is 4.90 Å². The molecule has 1 saturated heterocycles. The first-order valence-corrected chi connectivity index (χ1v) is 11.3. The van der Waals surface area contributed by atoms with Crippen molar-refractivity contribution >= 4 is 23.2 Å². The first-order chi connectivity index (χ1) is 16.8. The van der Waals surface area contributed by atoms with Crippen LogP contribution in [-0.4, -0.2) is 61.5 Å². The topological polar surface area (TPSA) is 66.6 Å². The molecule has 0 aliphatic carbocycles. The molecule has 0 unspecified atom stereocenters. The Morgan fingerprint density at radius 3 is 2.43 bits per heavy atom. The second kappa shape index (κ2) is 9.27. The van der Waals surface area contributed by atoms with Crippen molar-refractivity contribution in [1.29, 1.82) is 0 Å². The Morgan fingerprint density at radius 1 is 1.03 bits per heavy atom. The van der Waals surface area contributed by atoms with Gasteiger partial charge in [-0.1, -0.05) is 29.8 Å². The van der Waals surface area contributed by atoms with E-state index in [1.165, 1.54) is 6.07 Å². The normalized spacial score (nSPS) is 15.0. The van der Waals surface area contributed by atoms with Crippen LogP contribution in [0.5, 0.6) is 0 Å². The van der Waals surface area contributed by atoms with Crippen LogP contribution in [0, 0.1) is 0 Å². The quantitative estimate of drug-likeness (QED) is 0.415. The highest BCUT2D eigenvalue weighted by molar-refractivity contribution is 6.30. The van der Waals surface area contributed by atoms with Crippen molar-refractivity contribution in [2.75, 3.05) is 26.2 Å². The lowest BCUT2D eigenvalue weighted by Gasteiger charge is -2.34. The third kappa shape index (κ3) is 4.98. The van der Waals surface area contributed by atoms with Gasteiger partial charge in [0.15, 0.2) is 17.0 Å². The number of carbonyl (C=O) groups is 1. The number of pyridine rings is 1. The molecule has 0 spiro atoms. The van der Waals surface area contributed by atoms with Crippen LogP contribution < -0.4 is 0 Å². The fourth-order valence-electron chi connectivity index (χ4n) is 4.07. The molecule has 7 nitrogen and oxygen atoms in total. The van der Waals surface area contributed by atoms with Crippen LogP contribution in [0.2, 0.25) is 5.02 Å². The molecule has 5 rings (SSSR count). The number of rotatable bonds is 4. The minimum absolute atomic E-state index is 0.0525. The number of nitrogens with zero attached hydrogens (tertiary/aromatic N) is 6. The predicted molar refractivity (Wildman–Crippen MR) is 124 cm³/mol. The van der Waals surface area contributed by atoms with Gasteiger partial charge in [-0.25, -0.2) is 9.50 Å². The molecule has 1 amide bonds. The molecule has 1 aromatic carbocycles. The molecule has 4 aromatic rings. The van der Waals surface area contributed by atoms with E-state index in [4.69, 9.17) is 11.6 Å². The van der Waals surface area contributed by atoms with Gasteiger partial charge in [-0.05, 0) is 29.8 Å². The third-order valence-corrected chi connectivity index (χ3v) is 6.12. The van der Waals surface area contributed by atoms with Gasteiger partial charge in [-0.2, -0.15) is 18.3 Å². The Balaban J connectivity index is 1.39. The van der Waals surface area contributed by atoms with Gasteiger partial charge in [0.1, 0.15) is 0 Å². The van der Waals surface area contributed by atoms with Crippen molar-refractivity contribution in [2.45, 2.75) is 12.7 Å². The lowest BCUT2D eigenvalue weighted by atomic mass is 10.1. The average molecular weight is 501 g/mol. The summed E-state index contributed by atoms with van der Waals surface area (Å²) in [5.41, 5.74) is 0.536. The van der Waals surface area contributed by atoms with Gasteiger partial charge in [0.25, 0.3) is 5.91 Å². The highest BCUT2D eigenvalue weighted by atomic mass is 35.5. The molecule has 0 atom stereocenters. The van der Waals surface area contributed by atoms with E-state index in [1.54, 1.807) is 41.6 Å². The van der Waals surface area contributed by atoms with Crippen molar-refractivity contribution < 1.29 is 18.0 Å². The molecule has 0 radical (unpaired) electrons. The summed E-state index contributed by atoms with van der Waals surface area (Å²) >= 11 is 5.90. The van der Waals surface area contributed by atoms with Crippen LogP contribution >= 0.6 is 11.6 Å². The molecule has 0 bridgehead atoms. The number of hydrogen-bond donors (Lipinski definition) is 0. The number of alkyl halides is 3. The fraction of sp³-hybridized carbons (Fsp3) is 0.250. The molecule has 3 aromatic heterocycles. The van der Waals surface area contributed by atoms with Crippen LogP contribution in [0.25, 0.3) is 16.9 Å². The maximum Gasteiger partial charge on any atom is 0.433 e. The molecular formula is C24H20ClF3N6O. The zero-order valence-corrected chi connectivity index (χ0v) is 19.2. The Hall–Kier alpha value is -3.50. The molecule has 0 N–H and O–H groups in total. The SMILES string of the molecule is O=C(c1cc2nc(-c3ccc(Cl)cc3)cc(C(F)(F)F)n2n1)N1CCN(Cc2cccnc2)CC1. The standard InChI is InChI=1S/C24H20ClF3N6O/c25-18-5-3-17(4-6-18)19-12-21(24(26,27)28)34-22(30-19)13-20(31-34)23(35)33-10-8-32(9-11-33)15-16-2-1-7-29-14-16/h1-7,12-14H,8-11,15H2. The number of fused-ring (bicyclic) bond motifs is 1. The molecule has 1 fully saturated rings. The van der Waals surface area contributed by atoms with Crippen molar-refractivity contribution in [1.82, 2.24) is 29.4 Å². The molecule has 11 heteroatoms. The minimum atomic E-state index is -4.69. The van der Waals surface area contributed by atoms with E-state index in [-0.39, 0.29) is 17.0 Å². The summed E-state index contributed by atoms with van der Waals surface area (Å²) in [7, 11) is 0. The summed E-state index contributed by atoms with van der Waals surface area (Å²) in [5, 5.41) is 4.45. The van der Waals surface area contributed by atoms with Crippen molar-refractivity contribution in [3.63, 3.8) is 0 Å². The van der Waals surface area contributed by atoms with E-state index < -0.39 is 17.8 Å². The Bertz CT molecular complexity index is 1350. The number of hydrogen-bond acceptors (Lipinski definition) is 5. The van der Waals surface area contributed by atoms with E-state index in [0.717, 1.165) is 18.2 Å². The number of piperazine rings is 1. The van der Waals surface area contributed by atoms with E-state index in [1.807, 2.05) is 12.1 Å². The summed E-state index contributed by atoms with van der Waals surface area (Å²) in [4.78, 5) is 25.3. The number of aromatic nitrogens is 4. The van der Waals surface area contributed by atoms with Crippen LogP contribution in [0.3, 0.4) is 0 Å². The number of benzene rings is 1. The zero-order chi connectivity index (χ0) is 24.6. The number of halogens is 4. The van der Waals surface area contributed by atoms with Gasteiger partial charge in [0, 0.05) is 61.8 Å². The molecule has 0 saturated carbocycles. The maximum absolute atomic E-state index is 13.8. The van der Waals surface area contributed by atoms with Gasteiger partial charge >= 0.3 is 6.18 Å². The number of amides is 1. The fourth-order valence-corrected chi connectivity index (χ4v) is 4.20. The molecule has 4 heterocycles. The van der Waals surface area contributed by atoms with Crippen LogP contribution in [0.4, 0.5) is 13.2 Å². The molecule has 35 heavy (non-hydrogen) atoms. The average Bonchev–Trinajstić information content (AvgIpc) is 3.28. The van der Waals surface area contributed by atoms with E-state index in [9.17, 15) is 18.0 Å². The third-order valence-electron chi connectivity index (χ3n) is 5.87. The van der Waals surface area contributed by atoms with Gasteiger partial charge in [0.05, 0.1) is 5.69 Å². The largest absolute Gasteiger partial charge is 0.433 e. The predicted octanol–water partition coefficient (Wildman–Crippen LogP) is 4.42. The lowest BCUT2D eigenvalue weighted by molar-refractivity contribution is -0.142.